The van der Waals surface area contributed by atoms with E-state index in [0.29, 0.717) is 24.9 Å². The van der Waals surface area contributed by atoms with Crippen molar-refractivity contribution in [2.45, 2.75) is 57.5 Å². The molecule has 2 unspecified atom stereocenters. The molecule has 0 aromatic rings. The SMILES string of the molecule is CC1(C)C(=O)NCCN1C(=O)C1CC2CCCC(C1)C2N. The lowest BCUT2D eigenvalue weighted by molar-refractivity contribution is -0.154. The van der Waals surface area contributed by atoms with E-state index in [1.165, 1.54) is 6.42 Å². The van der Waals surface area contributed by atoms with E-state index in [1.54, 1.807) is 4.90 Å². The minimum atomic E-state index is -0.732. The fraction of sp³-hybridized carbons (Fsp3) is 0.875. The zero-order valence-electron chi connectivity index (χ0n) is 13.1. The summed E-state index contributed by atoms with van der Waals surface area (Å²) in [7, 11) is 0. The van der Waals surface area contributed by atoms with E-state index in [4.69, 9.17) is 5.73 Å². The molecule has 0 aromatic heterocycles. The molecule has 1 aliphatic heterocycles. The molecular formula is C16H27N3O2. The first kappa shape index (κ1) is 14.8. The van der Waals surface area contributed by atoms with Crippen molar-refractivity contribution < 1.29 is 9.59 Å². The van der Waals surface area contributed by atoms with Crippen molar-refractivity contribution in [1.29, 1.82) is 0 Å². The monoisotopic (exact) mass is 293 g/mol. The molecule has 118 valence electrons. The Morgan fingerprint density at radius 3 is 2.52 bits per heavy atom. The number of fused-ring (bicyclic) bond motifs is 2. The van der Waals surface area contributed by atoms with Crippen LogP contribution in [0.5, 0.6) is 0 Å². The van der Waals surface area contributed by atoms with Crippen molar-refractivity contribution in [1.82, 2.24) is 10.2 Å². The van der Waals surface area contributed by atoms with E-state index in [0.717, 1.165) is 25.7 Å². The zero-order valence-corrected chi connectivity index (χ0v) is 13.1. The van der Waals surface area contributed by atoms with E-state index in [-0.39, 0.29) is 23.8 Å². The van der Waals surface area contributed by atoms with Crippen LogP contribution in [0.25, 0.3) is 0 Å². The van der Waals surface area contributed by atoms with Gasteiger partial charge in [0.15, 0.2) is 0 Å². The summed E-state index contributed by atoms with van der Waals surface area (Å²) in [5.41, 5.74) is 5.58. The van der Waals surface area contributed by atoms with Gasteiger partial charge in [0.25, 0.3) is 0 Å². The van der Waals surface area contributed by atoms with Gasteiger partial charge in [0.2, 0.25) is 11.8 Å². The highest BCUT2D eigenvalue weighted by molar-refractivity contribution is 5.92. The molecule has 3 aliphatic rings. The predicted molar refractivity (Wildman–Crippen MR) is 80.3 cm³/mol. The first-order valence-corrected chi connectivity index (χ1v) is 8.26. The third-order valence-electron chi connectivity index (χ3n) is 5.88. The van der Waals surface area contributed by atoms with E-state index in [9.17, 15) is 9.59 Å². The van der Waals surface area contributed by atoms with Gasteiger partial charge in [-0.2, -0.15) is 0 Å². The Balaban J connectivity index is 1.75. The van der Waals surface area contributed by atoms with E-state index < -0.39 is 5.54 Å². The molecule has 2 saturated carbocycles. The summed E-state index contributed by atoms with van der Waals surface area (Å²) < 4.78 is 0. The third kappa shape index (κ3) is 2.45. The van der Waals surface area contributed by atoms with Gasteiger partial charge in [-0.3, -0.25) is 9.59 Å². The van der Waals surface area contributed by atoms with Crippen LogP contribution >= 0.6 is 0 Å². The number of nitrogens with one attached hydrogen (secondary N) is 1. The number of nitrogens with two attached hydrogens (primary N) is 1. The maximum atomic E-state index is 13.0. The summed E-state index contributed by atoms with van der Waals surface area (Å²) >= 11 is 0. The largest absolute Gasteiger partial charge is 0.352 e. The van der Waals surface area contributed by atoms with Crippen molar-refractivity contribution in [3.63, 3.8) is 0 Å². The molecule has 1 saturated heterocycles. The molecule has 2 aliphatic carbocycles. The van der Waals surface area contributed by atoms with Crippen molar-refractivity contribution in [3.05, 3.63) is 0 Å². The molecule has 5 heteroatoms. The molecule has 3 rings (SSSR count). The Labute approximate surface area is 126 Å². The highest BCUT2D eigenvalue weighted by atomic mass is 16.2. The summed E-state index contributed by atoms with van der Waals surface area (Å²) in [6, 6.07) is 0.278. The molecule has 3 fully saturated rings. The topological polar surface area (TPSA) is 75.4 Å². The molecular weight excluding hydrogens is 266 g/mol. The molecule has 5 nitrogen and oxygen atoms in total. The number of amides is 2. The maximum absolute atomic E-state index is 13.0. The number of carbonyl (C=O) groups is 2. The van der Waals surface area contributed by atoms with Crippen LogP contribution in [0.4, 0.5) is 0 Å². The van der Waals surface area contributed by atoms with Crippen molar-refractivity contribution in [2.75, 3.05) is 13.1 Å². The van der Waals surface area contributed by atoms with Gasteiger partial charge in [0.1, 0.15) is 5.54 Å². The van der Waals surface area contributed by atoms with Crippen LogP contribution in [0.2, 0.25) is 0 Å². The van der Waals surface area contributed by atoms with Gasteiger partial charge in [-0.15, -0.1) is 0 Å². The molecule has 21 heavy (non-hydrogen) atoms. The van der Waals surface area contributed by atoms with Crippen molar-refractivity contribution >= 4 is 11.8 Å². The Kier molecular flexibility index (Phi) is 3.72. The van der Waals surface area contributed by atoms with Crippen LogP contribution in [0.15, 0.2) is 0 Å². The number of piperazine rings is 1. The number of hydrogen-bond acceptors (Lipinski definition) is 3. The first-order valence-electron chi connectivity index (χ1n) is 8.26. The second-order valence-corrected chi connectivity index (χ2v) is 7.50. The standard InChI is InChI=1S/C16H27N3O2/c1-16(2)15(21)18-6-7-19(16)14(20)12-8-10-4-3-5-11(9-12)13(10)17/h10-13H,3-9,17H2,1-2H3,(H,18,21). The fourth-order valence-electron chi connectivity index (χ4n) is 4.50. The summed E-state index contributed by atoms with van der Waals surface area (Å²) in [4.78, 5) is 26.8. The average Bonchev–Trinajstić information content (AvgIpc) is 2.41. The average molecular weight is 293 g/mol. The summed E-state index contributed by atoms with van der Waals surface area (Å²) in [5.74, 6) is 1.17. The smallest absolute Gasteiger partial charge is 0.245 e. The van der Waals surface area contributed by atoms with Crippen LogP contribution in [0.1, 0.15) is 46.0 Å². The van der Waals surface area contributed by atoms with Crippen molar-refractivity contribution in [2.24, 2.45) is 23.5 Å². The number of rotatable bonds is 1. The lowest BCUT2D eigenvalue weighted by Crippen LogP contribution is -2.65. The molecule has 1 heterocycles. The highest BCUT2D eigenvalue weighted by Crippen LogP contribution is 2.43. The van der Waals surface area contributed by atoms with Crippen LogP contribution in [0.3, 0.4) is 0 Å². The second kappa shape index (κ2) is 5.27. The molecule has 0 radical (unpaired) electrons. The first-order chi connectivity index (χ1) is 9.91. The fourth-order valence-corrected chi connectivity index (χ4v) is 4.50. The summed E-state index contributed by atoms with van der Waals surface area (Å²) in [6.45, 7) is 4.87. The van der Waals surface area contributed by atoms with Gasteiger partial charge in [0.05, 0.1) is 0 Å². The quantitative estimate of drug-likeness (QED) is 0.753. The molecule has 2 bridgehead atoms. The zero-order chi connectivity index (χ0) is 15.2. The van der Waals surface area contributed by atoms with Crippen LogP contribution in [-0.2, 0) is 9.59 Å². The van der Waals surface area contributed by atoms with Gasteiger partial charge in [-0.05, 0) is 51.4 Å². The lowest BCUT2D eigenvalue weighted by atomic mass is 9.64. The number of nitrogens with zero attached hydrogens (tertiary/aromatic N) is 1. The molecule has 0 aromatic carbocycles. The molecule has 3 N–H and O–H groups in total. The summed E-state index contributed by atoms with van der Waals surface area (Å²) in [5, 5.41) is 2.85. The number of carbonyl (C=O) groups excluding carboxylic acids is 2. The third-order valence-corrected chi connectivity index (χ3v) is 5.88. The summed E-state index contributed by atoms with van der Waals surface area (Å²) in [6.07, 6.45) is 5.38. The Hall–Kier alpha value is -1.10. The van der Waals surface area contributed by atoms with Crippen molar-refractivity contribution in [3.8, 4) is 0 Å². The maximum Gasteiger partial charge on any atom is 0.245 e. The predicted octanol–water partition coefficient (Wildman–Crippen LogP) is 0.877. The Morgan fingerprint density at radius 2 is 1.90 bits per heavy atom. The molecule has 2 amide bonds. The van der Waals surface area contributed by atoms with E-state index in [2.05, 4.69) is 5.32 Å². The number of hydrogen-bond donors (Lipinski definition) is 2. The van der Waals surface area contributed by atoms with Crippen LogP contribution in [-0.4, -0.2) is 41.4 Å². The lowest BCUT2D eigenvalue weighted by Gasteiger charge is -2.47. The van der Waals surface area contributed by atoms with Crippen LogP contribution in [0, 0.1) is 17.8 Å². The Bertz CT molecular complexity index is 435. The molecule has 0 spiro atoms. The second-order valence-electron chi connectivity index (χ2n) is 7.50. The Morgan fingerprint density at radius 1 is 1.29 bits per heavy atom. The highest BCUT2D eigenvalue weighted by Gasteiger charge is 2.46. The normalized spacial score (nSPS) is 38.8. The van der Waals surface area contributed by atoms with Gasteiger partial charge < -0.3 is 16.0 Å². The minimum absolute atomic E-state index is 0.0465. The van der Waals surface area contributed by atoms with E-state index >= 15 is 0 Å². The van der Waals surface area contributed by atoms with Gasteiger partial charge in [-0.25, -0.2) is 0 Å². The van der Waals surface area contributed by atoms with Crippen LogP contribution < -0.4 is 11.1 Å². The minimum Gasteiger partial charge on any atom is -0.352 e. The van der Waals surface area contributed by atoms with Gasteiger partial charge in [-0.1, -0.05) is 6.42 Å². The van der Waals surface area contributed by atoms with Gasteiger partial charge in [0, 0.05) is 25.0 Å². The van der Waals surface area contributed by atoms with Gasteiger partial charge >= 0.3 is 0 Å². The molecule has 2 atom stereocenters. The van der Waals surface area contributed by atoms with E-state index in [1.807, 2.05) is 13.8 Å².